The monoisotopic (exact) mass is 400 g/mol. The van der Waals surface area contributed by atoms with Crippen LogP contribution in [0, 0.1) is 18.8 Å². The van der Waals surface area contributed by atoms with Crippen LogP contribution in [0.25, 0.3) is 0 Å². The Balaban J connectivity index is 1.49. The normalized spacial score (nSPS) is 24.9. The first-order valence-corrected chi connectivity index (χ1v) is 9.46. The minimum absolute atomic E-state index is 0.0205. The van der Waals surface area contributed by atoms with Crippen molar-refractivity contribution >= 4 is 16.5 Å². The van der Waals surface area contributed by atoms with Gasteiger partial charge in [-0.25, -0.2) is 0 Å². The van der Waals surface area contributed by atoms with E-state index in [4.69, 9.17) is 15.5 Å². The van der Waals surface area contributed by atoms with Gasteiger partial charge in [-0.15, -0.1) is 10.2 Å². The summed E-state index contributed by atoms with van der Waals surface area (Å²) in [7, 11) is 0. The first kappa shape index (κ1) is 18.3. The van der Waals surface area contributed by atoms with Gasteiger partial charge in [0.25, 0.3) is 0 Å². The molecule has 1 aromatic carbocycles. The summed E-state index contributed by atoms with van der Waals surface area (Å²) in [5, 5.41) is 6.45. The van der Waals surface area contributed by atoms with Crippen molar-refractivity contribution in [2.75, 3.05) is 18.0 Å². The molecule has 0 amide bonds. The van der Waals surface area contributed by atoms with Crippen LogP contribution in [0.3, 0.4) is 0 Å². The second kappa shape index (κ2) is 6.83. The standard InChI is InChI=1S/C17H19F3N4O2S/c1-9-2-5-12(13(6-9)26-21)25-14-10-3-4-11(14)8-24(7-10)16-23-22-15(27-16)17(18,19)20/h2,5-6,10-11,14H,3-4,7-8,21H2,1H3/t10-,11+,14?. The van der Waals surface area contributed by atoms with Crippen LogP contribution in [0.4, 0.5) is 18.3 Å². The van der Waals surface area contributed by atoms with E-state index >= 15 is 0 Å². The fourth-order valence-electron chi connectivity index (χ4n) is 3.93. The van der Waals surface area contributed by atoms with Crippen molar-refractivity contribution in [1.82, 2.24) is 10.2 Å². The van der Waals surface area contributed by atoms with Gasteiger partial charge in [0.15, 0.2) is 11.5 Å². The van der Waals surface area contributed by atoms with E-state index in [-0.39, 0.29) is 17.9 Å². The summed E-state index contributed by atoms with van der Waals surface area (Å²) in [6, 6.07) is 5.57. The quantitative estimate of drug-likeness (QED) is 0.793. The Labute approximate surface area is 158 Å². The lowest BCUT2D eigenvalue weighted by Crippen LogP contribution is -2.47. The largest absolute Gasteiger partial charge is 0.486 e. The molecule has 6 nitrogen and oxygen atoms in total. The molecule has 1 saturated carbocycles. The molecule has 10 heteroatoms. The predicted octanol–water partition coefficient (Wildman–Crippen LogP) is 3.41. The van der Waals surface area contributed by atoms with Gasteiger partial charge < -0.3 is 14.5 Å². The van der Waals surface area contributed by atoms with Gasteiger partial charge in [0.1, 0.15) is 6.10 Å². The molecule has 146 valence electrons. The van der Waals surface area contributed by atoms with Gasteiger partial charge in [-0.3, -0.25) is 0 Å². The van der Waals surface area contributed by atoms with E-state index in [0.717, 1.165) is 18.4 Å². The number of ether oxygens (including phenoxy) is 1. The number of hydrogen-bond acceptors (Lipinski definition) is 7. The van der Waals surface area contributed by atoms with Crippen LogP contribution in [-0.4, -0.2) is 29.4 Å². The molecule has 0 radical (unpaired) electrons. The molecular weight excluding hydrogens is 381 g/mol. The second-order valence-corrected chi connectivity index (χ2v) is 8.00. The summed E-state index contributed by atoms with van der Waals surface area (Å²) in [5.41, 5.74) is 1.01. The Bertz CT molecular complexity index is 815. The maximum Gasteiger partial charge on any atom is 0.445 e. The average molecular weight is 400 g/mol. The highest BCUT2D eigenvalue weighted by Gasteiger charge is 2.45. The van der Waals surface area contributed by atoms with Crippen LogP contribution >= 0.6 is 11.3 Å². The number of anilines is 1. The molecular formula is C17H19F3N4O2S. The van der Waals surface area contributed by atoms with Crippen molar-refractivity contribution in [3.63, 3.8) is 0 Å². The number of aryl methyl sites for hydroxylation is 1. The summed E-state index contributed by atoms with van der Waals surface area (Å²) < 4.78 is 44.6. The third kappa shape index (κ3) is 3.55. The van der Waals surface area contributed by atoms with Gasteiger partial charge in [-0.05, 0) is 37.5 Å². The van der Waals surface area contributed by atoms with Gasteiger partial charge in [-0.1, -0.05) is 17.4 Å². The highest BCUT2D eigenvalue weighted by atomic mass is 32.1. The third-order valence-corrected chi connectivity index (χ3v) is 6.19. The summed E-state index contributed by atoms with van der Waals surface area (Å²) in [6.07, 6.45) is -2.56. The number of piperidine rings is 1. The Morgan fingerprint density at radius 3 is 2.44 bits per heavy atom. The Morgan fingerprint density at radius 1 is 1.15 bits per heavy atom. The topological polar surface area (TPSA) is 73.5 Å². The van der Waals surface area contributed by atoms with Crippen LogP contribution < -0.4 is 20.4 Å². The summed E-state index contributed by atoms with van der Waals surface area (Å²) in [5.74, 6) is 6.83. The number of aromatic nitrogens is 2. The predicted molar refractivity (Wildman–Crippen MR) is 93.7 cm³/mol. The molecule has 1 aliphatic carbocycles. The van der Waals surface area contributed by atoms with Gasteiger partial charge in [0, 0.05) is 24.9 Å². The van der Waals surface area contributed by atoms with Crippen LogP contribution in [-0.2, 0) is 6.18 Å². The molecule has 3 atom stereocenters. The zero-order valence-corrected chi connectivity index (χ0v) is 15.4. The van der Waals surface area contributed by atoms with Crippen LogP contribution in [0.5, 0.6) is 11.5 Å². The molecule has 4 rings (SSSR count). The van der Waals surface area contributed by atoms with Gasteiger partial charge in [-0.2, -0.15) is 19.1 Å². The van der Waals surface area contributed by atoms with E-state index in [2.05, 4.69) is 10.2 Å². The third-order valence-electron chi connectivity index (χ3n) is 5.16. The molecule has 2 N–H and O–H groups in total. The van der Waals surface area contributed by atoms with Gasteiger partial charge >= 0.3 is 6.18 Å². The van der Waals surface area contributed by atoms with Crippen molar-refractivity contribution in [1.29, 1.82) is 0 Å². The number of rotatable bonds is 4. The number of nitrogens with two attached hydrogens (primary N) is 1. The number of fused-ring (bicyclic) bond motifs is 2. The number of hydrogen-bond donors (Lipinski definition) is 1. The fourth-order valence-corrected chi connectivity index (χ4v) is 4.66. The van der Waals surface area contributed by atoms with Gasteiger partial charge in [0.2, 0.25) is 10.1 Å². The van der Waals surface area contributed by atoms with E-state index in [1.54, 1.807) is 0 Å². The summed E-state index contributed by atoms with van der Waals surface area (Å²) in [6.45, 7) is 3.13. The highest BCUT2D eigenvalue weighted by Crippen LogP contribution is 2.43. The molecule has 1 aromatic heterocycles. The molecule has 1 aliphatic heterocycles. The number of benzene rings is 1. The lowest BCUT2D eigenvalue weighted by molar-refractivity contribution is -0.138. The number of alkyl halides is 3. The first-order valence-electron chi connectivity index (χ1n) is 8.65. The molecule has 2 bridgehead atoms. The fraction of sp³-hybridized carbons (Fsp3) is 0.529. The maximum atomic E-state index is 12.8. The molecule has 2 fully saturated rings. The van der Waals surface area contributed by atoms with E-state index in [1.165, 1.54) is 0 Å². The van der Waals surface area contributed by atoms with Crippen LogP contribution in [0.15, 0.2) is 18.2 Å². The molecule has 1 saturated heterocycles. The van der Waals surface area contributed by atoms with Crippen molar-refractivity contribution in [2.24, 2.45) is 17.7 Å². The molecule has 2 heterocycles. The smallest absolute Gasteiger partial charge is 0.445 e. The van der Waals surface area contributed by atoms with Crippen LogP contribution in [0.2, 0.25) is 0 Å². The van der Waals surface area contributed by atoms with Crippen molar-refractivity contribution in [3.05, 3.63) is 28.8 Å². The Hall–Kier alpha value is -2.07. The molecule has 2 aliphatic rings. The molecule has 0 spiro atoms. The molecule has 2 aromatic rings. The van der Waals surface area contributed by atoms with E-state index in [1.807, 2.05) is 30.0 Å². The van der Waals surface area contributed by atoms with E-state index in [9.17, 15) is 13.2 Å². The minimum atomic E-state index is -4.46. The molecule has 27 heavy (non-hydrogen) atoms. The SMILES string of the molecule is Cc1ccc(OC2[C@@H]3CC[C@H]2CN(c2nnc(C(F)(F)F)s2)C3)c(ON)c1. The molecule has 1 unspecified atom stereocenters. The van der Waals surface area contributed by atoms with Crippen molar-refractivity contribution in [2.45, 2.75) is 32.0 Å². The highest BCUT2D eigenvalue weighted by molar-refractivity contribution is 7.15. The first-order chi connectivity index (χ1) is 12.8. The zero-order chi connectivity index (χ0) is 19.2. The lowest BCUT2D eigenvalue weighted by atomic mass is 9.95. The maximum absolute atomic E-state index is 12.8. The summed E-state index contributed by atoms with van der Waals surface area (Å²) in [4.78, 5) is 6.82. The van der Waals surface area contributed by atoms with E-state index < -0.39 is 11.2 Å². The average Bonchev–Trinajstić information content (AvgIpc) is 3.19. The summed E-state index contributed by atoms with van der Waals surface area (Å²) >= 11 is 0.592. The Morgan fingerprint density at radius 2 is 1.85 bits per heavy atom. The minimum Gasteiger partial charge on any atom is -0.486 e. The van der Waals surface area contributed by atoms with Crippen molar-refractivity contribution < 1.29 is 22.7 Å². The second-order valence-electron chi connectivity index (χ2n) is 7.04. The van der Waals surface area contributed by atoms with E-state index in [0.29, 0.717) is 41.1 Å². The number of nitrogens with zero attached hydrogens (tertiary/aromatic N) is 3. The van der Waals surface area contributed by atoms with Gasteiger partial charge in [0.05, 0.1) is 0 Å². The van der Waals surface area contributed by atoms with Crippen molar-refractivity contribution in [3.8, 4) is 11.5 Å². The Kier molecular flexibility index (Phi) is 4.63. The lowest BCUT2D eigenvalue weighted by Gasteiger charge is -2.37. The number of halogens is 3. The van der Waals surface area contributed by atoms with Crippen LogP contribution in [0.1, 0.15) is 23.4 Å². The zero-order valence-electron chi connectivity index (χ0n) is 14.6.